The van der Waals surface area contributed by atoms with Gasteiger partial charge in [-0.3, -0.25) is 0 Å². The fourth-order valence-corrected chi connectivity index (χ4v) is 1.63. The molecular weight excluding hydrogens is 114 g/mol. The molecule has 2 bridgehead atoms. The molecule has 1 aliphatic carbocycles. The lowest BCUT2D eigenvalue weighted by atomic mass is 10.1. The first-order valence-corrected chi connectivity index (χ1v) is 3.30. The summed E-state index contributed by atoms with van der Waals surface area (Å²) in [5.41, 5.74) is 0. The van der Waals surface area contributed by atoms with E-state index in [1.165, 1.54) is 0 Å². The summed E-state index contributed by atoms with van der Waals surface area (Å²) in [5, 5.41) is 3.19. The van der Waals surface area contributed by atoms with Gasteiger partial charge in [0.2, 0.25) is 0 Å². The van der Waals surface area contributed by atoms with E-state index < -0.39 is 0 Å². The summed E-state index contributed by atoms with van der Waals surface area (Å²) in [4.78, 5) is 10.3. The molecule has 0 saturated carbocycles. The number of carbonyl (C=O) groups excluding carboxylic acids is 1. The van der Waals surface area contributed by atoms with Gasteiger partial charge in [0.05, 0.1) is 6.04 Å². The second kappa shape index (κ2) is 1.67. The molecule has 2 rings (SSSR count). The molecule has 0 aromatic carbocycles. The predicted molar refractivity (Wildman–Crippen MR) is 34.0 cm³/mol. The van der Waals surface area contributed by atoms with Crippen molar-refractivity contribution in [3.63, 3.8) is 0 Å². The molecule has 0 radical (unpaired) electrons. The lowest BCUT2D eigenvalue weighted by Gasteiger charge is -2.11. The van der Waals surface area contributed by atoms with E-state index in [-0.39, 0.29) is 6.04 Å². The molecule has 9 heavy (non-hydrogen) atoms. The molecule has 0 aromatic rings. The van der Waals surface area contributed by atoms with Gasteiger partial charge in [0, 0.05) is 12.0 Å². The molecule has 2 aliphatic rings. The van der Waals surface area contributed by atoms with Crippen molar-refractivity contribution in [2.75, 3.05) is 0 Å². The minimum atomic E-state index is 0.111. The quantitative estimate of drug-likeness (QED) is 0.396. The lowest BCUT2D eigenvalue weighted by Crippen LogP contribution is -2.33. The van der Waals surface area contributed by atoms with E-state index in [1.54, 1.807) is 0 Å². The average molecular weight is 123 g/mol. The molecule has 2 nitrogen and oxygen atoms in total. The summed E-state index contributed by atoms with van der Waals surface area (Å²) >= 11 is 0. The van der Waals surface area contributed by atoms with Gasteiger partial charge in [0.15, 0.2) is 0 Å². The van der Waals surface area contributed by atoms with E-state index in [1.807, 2.05) is 0 Å². The van der Waals surface area contributed by atoms with E-state index in [0.717, 1.165) is 12.7 Å². The number of hydrogen-bond donors (Lipinski definition) is 1. The molecule has 1 fully saturated rings. The zero-order valence-corrected chi connectivity index (χ0v) is 5.08. The normalized spacial score (nSPS) is 46.0. The molecule has 3 atom stereocenters. The Morgan fingerprint density at radius 3 is 2.78 bits per heavy atom. The summed E-state index contributed by atoms with van der Waals surface area (Å²) in [6.07, 6.45) is 6.42. The van der Waals surface area contributed by atoms with Crippen molar-refractivity contribution in [3.8, 4) is 0 Å². The molecule has 1 N–H and O–H groups in total. The van der Waals surface area contributed by atoms with E-state index in [9.17, 15) is 4.79 Å². The Kier molecular flexibility index (Phi) is 0.963. The molecule has 0 aromatic heterocycles. The maximum absolute atomic E-state index is 10.3. The number of aldehydes is 1. The van der Waals surface area contributed by atoms with E-state index in [2.05, 4.69) is 17.5 Å². The second-order valence-electron chi connectivity index (χ2n) is 2.72. The van der Waals surface area contributed by atoms with Gasteiger partial charge in [-0.15, -0.1) is 0 Å². The zero-order valence-electron chi connectivity index (χ0n) is 5.08. The van der Waals surface area contributed by atoms with Crippen molar-refractivity contribution in [2.24, 2.45) is 5.92 Å². The van der Waals surface area contributed by atoms with Gasteiger partial charge < -0.3 is 10.1 Å². The molecule has 2 unspecified atom stereocenters. The number of fused-ring (bicyclic) bond motifs is 2. The predicted octanol–water partition coefficient (Wildman–Crippen LogP) is 0.102. The minimum Gasteiger partial charge on any atom is -0.302 e. The Morgan fingerprint density at radius 1 is 1.56 bits per heavy atom. The van der Waals surface area contributed by atoms with Gasteiger partial charge in [-0.1, -0.05) is 12.2 Å². The summed E-state index contributed by atoms with van der Waals surface area (Å²) in [7, 11) is 0. The van der Waals surface area contributed by atoms with Crippen LogP contribution in [0.3, 0.4) is 0 Å². The first kappa shape index (κ1) is 5.18. The molecule has 1 heterocycles. The van der Waals surface area contributed by atoms with Gasteiger partial charge in [-0.05, 0) is 6.42 Å². The number of nitrogens with one attached hydrogen (secondary N) is 1. The van der Waals surface area contributed by atoms with E-state index >= 15 is 0 Å². The molecule has 48 valence electrons. The van der Waals surface area contributed by atoms with Crippen LogP contribution < -0.4 is 5.32 Å². The maximum Gasteiger partial charge on any atom is 0.137 e. The number of carbonyl (C=O) groups is 1. The number of rotatable bonds is 1. The highest BCUT2D eigenvalue weighted by molar-refractivity contribution is 5.60. The first-order chi connectivity index (χ1) is 4.40. The van der Waals surface area contributed by atoms with Crippen LogP contribution in [0.25, 0.3) is 0 Å². The van der Waals surface area contributed by atoms with Crippen LogP contribution in [0.4, 0.5) is 0 Å². The number of hydrogen-bond acceptors (Lipinski definition) is 2. The highest BCUT2D eigenvalue weighted by Crippen LogP contribution is 2.27. The average Bonchev–Trinajstić information content (AvgIpc) is 2.45. The molecule has 0 spiro atoms. The maximum atomic E-state index is 10.3. The van der Waals surface area contributed by atoms with Crippen molar-refractivity contribution < 1.29 is 4.79 Å². The van der Waals surface area contributed by atoms with Gasteiger partial charge in [-0.25, -0.2) is 0 Å². The third-order valence-electron chi connectivity index (χ3n) is 2.13. The first-order valence-electron chi connectivity index (χ1n) is 3.30. The summed E-state index contributed by atoms with van der Waals surface area (Å²) < 4.78 is 0. The van der Waals surface area contributed by atoms with Crippen LogP contribution in [-0.4, -0.2) is 18.4 Å². The lowest BCUT2D eigenvalue weighted by molar-refractivity contribution is -0.109. The van der Waals surface area contributed by atoms with E-state index in [4.69, 9.17) is 0 Å². The molecule has 2 heteroatoms. The Morgan fingerprint density at radius 2 is 2.44 bits per heavy atom. The second-order valence-corrected chi connectivity index (χ2v) is 2.72. The molecule has 1 aliphatic heterocycles. The third-order valence-corrected chi connectivity index (χ3v) is 2.13. The van der Waals surface area contributed by atoms with Crippen LogP contribution in [0, 0.1) is 5.92 Å². The van der Waals surface area contributed by atoms with Gasteiger partial charge >= 0.3 is 0 Å². The van der Waals surface area contributed by atoms with Crippen molar-refractivity contribution in [2.45, 2.75) is 18.5 Å². The molecule has 1 saturated heterocycles. The topological polar surface area (TPSA) is 29.1 Å². The smallest absolute Gasteiger partial charge is 0.137 e. The fraction of sp³-hybridized carbons (Fsp3) is 0.571. The van der Waals surface area contributed by atoms with E-state index in [0.29, 0.717) is 12.0 Å². The van der Waals surface area contributed by atoms with Crippen LogP contribution in [0.2, 0.25) is 0 Å². The van der Waals surface area contributed by atoms with Crippen LogP contribution in [0.15, 0.2) is 12.2 Å². The molecule has 0 amide bonds. The van der Waals surface area contributed by atoms with Crippen LogP contribution >= 0.6 is 0 Å². The Hall–Kier alpha value is -0.630. The van der Waals surface area contributed by atoms with Crippen LogP contribution in [-0.2, 0) is 4.79 Å². The highest BCUT2D eigenvalue weighted by Gasteiger charge is 2.34. The van der Waals surface area contributed by atoms with Crippen molar-refractivity contribution in [3.05, 3.63) is 12.2 Å². The molecular formula is C7H9NO. The standard InChI is InChI=1S/C7H9NO/c9-4-7-5-1-2-6(3-5)8-7/h1-2,4-8H,3H2/t5-,6?,7?/m1/s1. The monoisotopic (exact) mass is 123 g/mol. The zero-order chi connectivity index (χ0) is 6.27. The SMILES string of the molecule is O=CC1NC2C=C[C@@H]1C2. The Balaban J connectivity index is 2.19. The van der Waals surface area contributed by atoms with Crippen molar-refractivity contribution >= 4 is 6.29 Å². The largest absolute Gasteiger partial charge is 0.302 e. The van der Waals surface area contributed by atoms with Crippen LogP contribution in [0.5, 0.6) is 0 Å². The van der Waals surface area contributed by atoms with Crippen molar-refractivity contribution in [1.82, 2.24) is 5.32 Å². The highest BCUT2D eigenvalue weighted by atomic mass is 16.1. The summed E-state index contributed by atoms with van der Waals surface area (Å²) in [6.45, 7) is 0. The fourth-order valence-electron chi connectivity index (χ4n) is 1.63. The van der Waals surface area contributed by atoms with Crippen LogP contribution in [0.1, 0.15) is 6.42 Å². The Bertz CT molecular complexity index is 164. The minimum absolute atomic E-state index is 0.111. The van der Waals surface area contributed by atoms with Gasteiger partial charge in [0.1, 0.15) is 6.29 Å². The third kappa shape index (κ3) is 0.630. The van der Waals surface area contributed by atoms with Gasteiger partial charge in [0.25, 0.3) is 0 Å². The Labute approximate surface area is 53.9 Å². The summed E-state index contributed by atoms with van der Waals surface area (Å²) in [5.74, 6) is 0.493. The summed E-state index contributed by atoms with van der Waals surface area (Å²) in [6, 6.07) is 0.602. The van der Waals surface area contributed by atoms with Crippen molar-refractivity contribution in [1.29, 1.82) is 0 Å². The van der Waals surface area contributed by atoms with Gasteiger partial charge in [-0.2, -0.15) is 0 Å².